The Bertz CT molecular complexity index is 1020. The molecule has 2 N–H and O–H groups in total. The Morgan fingerprint density at radius 2 is 1.89 bits per heavy atom. The van der Waals surface area contributed by atoms with Crippen LogP contribution in [0.25, 0.3) is 10.2 Å². The number of rotatable bonds is 5. The molecule has 1 heterocycles. The fourth-order valence-electron chi connectivity index (χ4n) is 3.71. The number of benzene rings is 2. The van der Waals surface area contributed by atoms with Crippen LogP contribution in [0.1, 0.15) is 22.6 Å². The van der Waals surface area contributed by atoms with Crippen LogP contribution < -0.4 is 5.32 Å². The Kier molecular flexibility index (Phi) is 4.74. The van der Waals surface area contributed by atoms with Crippen molar-refractivity contribution in [3.8, 4) is 0 Å². The third-order valence-electron chi connectivity index (χ3n) is 4.94. The summed E-state index contributed by atoms with van der Waals surface area (Å²) in [5.41, 5.74) is 2.06. The van der Waals surface area contributed by atoms with E-state index in [9.17, 15) is 14.7 Å². The van der Waals surface area contributed by atoms with Gasteiger partial charge in [0.25, 0.3) is 0 Å². The molecule has 0 bridgehead atoms. The molecule has 138 valence electrons. The maximum Gasteiger partial charge on any atom is 0.304 e. The quantitative estimate of drug-likeness (QED) is 0.624. The molecule has 0 saturated carbocycles. The highest BCUT2D eigenvalue weighted by Gasteiger charge is 2.45. The minimum absolute atomic E-state index is 0.180. The van der Waals surface area contributed by atoms with Gasteiger partial charge in [-0.05, 0) is 42.2 Å². The van der Waals surface area contributed by atoms with Crippen LogP contribution in [0.5, 0.6) is 0 Å². The lowest BCUT2D eigenvalue weighted by Crippen LogP contribution is -2.43. The number of hydrogen-bond acceptors (Lipinski definition) is 4. The molecule has 3 aromatic rings. The monoisotopic (exact) mass is 444 g/mol. The summed E-state index contributed by atoms with van der Waals surface area (Å²) in [5.74, 6) is -1.18. The van der Waals surface area contributed by atoms with Crippen molar-refractivity contribution in [2.75, 3.05) is 0 Å². The highest BCUT2D eigenvalue weighted by molar-refractivity contribution is 9.10. The van der Waals surface area contributed by atoms with Crippen molar-refractivity contribution in [1.29, 1.82) is 0 Å². The second-order valence-electron chi connectivity index (χ2n) is 6.88. The average Bonchev–Trinajstić information content (AvgIpc) is 3.19. The lowest BCUT2D eigenvalue weighted by molar-refractivity contribution is -0.145. The van der Waals surface area contributed by atoms with Gasteiger partial charge in [0.15, 0.2) is 0 Å². The molecule has 1 aromatic heterocycles. The van der Waals surface area contributed by atoms with E-state index in [1.165, 1.54) is 11.3 Å². The zero-order chi connectivity index (χ0) is 19.0. The molecule has 5 nitrogen and oxygen atoms in total. The molecule has 0 unspecified atom stereocenters. The van der Waals surface area contributed by atoms with Crippen LogP contribution >= 0.6 is 27.3 Å². The minimum atomic E-state index is -0.956. The standard InChI is InChI=1S/C20H17BrN2O3S/c21-14-5-6-15-16(7-14)27-17(23-15)11-22-19(26)20(10-18(24)25)8-12-3-1-2-4-13(12)9-20/h1-7H,8-11H2,(H,22,26)(H,24,25). The van der Waals surface area contributed by atoms with Gasteiger partial charge in [0.1, 0.15) is 5.01 Å². The number of halogens is 1. The van der Waals surface area contributed by atoms with Gasteiger partial charge in [-0.2, -0.15) is 0 Å². The first-order valence-electron chi connectivity index (χ1n) is 8.57. The van der Waals surface area contributed by atoms with Crippen molar-refractivity contribution in [2.45, 2.75) is 25.8 Å². The molecule has 7 heteroatoms. The minimum Gasteiger partial charge on any atom is -0.481 e. The van der Waals surface area contributed by atoms with E-state index in [0.29, 0.717) is 19.4 Å². The molecular formula is C20H17BrN2O3S. The van der Waals surface area contributed by atoms with Crippen molar-refractivity contribution in [3.05, 3.63) is 63.1 Å². The Labute approximate surface area is 168 Å². The molecule has 0 fully saturated rings. The van der Waals surface area contributed by atoms with E-state index in [4.69, 9.17) is 0 Å². The van der Waals surface area contributed by atoms with Gasteiger partial charge in [-0.15, -0.1) is 11.3 Å². The summed E-state index contributed by atoms with van der Waals surface area (Å²) in [4.78, 5) is 29.0. The first kappa shape index (κ1) is 18.1. The molecule has 0 radical (unpaired) electrons. The molecule has 1 amide bonds. The number of aliphatic carboxylic acids is 1. The van der Waals surface area contributed by atoms with Gasteiger partial charge in [0.05, 0.1) is 28.6 Å². The Morgan fingerprint density at radius 1 is 1.19 bits per heavy atom. The summed E-state index contributed by atoms with van der Waals surface area (Å²) in [5, 5.41) is 13.1. The largest absolute Gasteiger partial charge is 0.481 e. The van der Waals surface area contributed by atoms with Gasteiger partial charge in [0, 0.05) is 4.47 Å². The van der Waals surface area contributed by atoms with E-state index in [-0.39, 0.29) is 12.3 Å². The molecule has 27 heavy (non-hydrogen) atoms. The van der Waals surface area contributed by atoms with Gasteiger partial charge < -0.3 is 10.4 Å². The molecule has 1 aliphatic rings. The van der Waals surface area contributed by atoms with E-state index in [2.05, 4.69) is 26.2 Å². The summed E-state index contributed by atoms with van der Waals surface area (Å²) < 4.78 is 2.03. The van der Waals surface area contributed by atoms with Crippen molar-refractivity contribution in [1.82, 2.24) is 10.3 Å². The third-order valence-corrected chi connectivity index (χ3v) is 6.45. The number of aromatic nitrogens is 1. The topological polar surface area (TPSA) is 79.3 Å². The second kappa shape index (κ2) is 7.05. The summed E-state index contributed by atoms with van der Waals surface area (Å²) in [6.07, 6.45) is 0.725. The van der Waals surface area contributed by atoms with Gasteiger partial charge in [-0.3, -0.25) is 9.59 Å². The van der Waals surface area contributed by atoms with E-state index in [0.717, 1.165) is 30.8 Å². The number of fused-ring (bicyclic) bond motifs is 2. The Balaban J connectivity index is 1.53. The maximum absolute atomic E-state index is 13.0. The molecular weight excluding hydrogens is 428 g/mol. The zero-order valence-electron chi connectivity index (χ0n) is 14.4. The van der Waals surface area contributed by atoms with E-state index < -0.39 is 11.4 Å². The van der Waals surface area contributed by atoms with Crippen LogP contribution in [0.2, 0.25) is 0 Å². The number of nitrogens with zero attached hydrogens (tertiary/aromatic N) is 1. The van der Waals surface area contributed by atoms with Crippen LogP contribution in [0, 0.1) is 5.41 Å². The molecule has 0 atom stereocenters. The fourth-order valence-corrected chi connectivity index (χ4v) is 5.17. The number of amides is 1. The fraction of sp³-hybridized carbons (Fsp3) is 0.250. The van der Waals surface area contributed by atoms with Crippen LogP contribution in [0.4, 0.5) is 0 Å². The van der Waals surface area contributed by atoms with Gasteiger partial charge in [-0.1, -0.05) is 40.2 Å². The summed E-state index contributed by atoms with van der Waals surface area (Å²) in [6.45, 7) is 0.299. The highest BCUT2D eigenvalue weighted by atomic mass is 79.9. The van der Waals surface area contributed by atoms with Gasteiger partial charge in [0.2, 0.25) is 5.91 Å². The van der Waals surface area contributed by atoms with E-state index >= 15 is 0 Å². The number of thiazole rings is 1. The van der Waals surface area contributed by atoms with Crippen molar-refractivity contribution >= 4 is 49.4 Å². The van der Waals surface area contributed by atoms with Crippen LogP contribution in [-0.2, 0) is 29.0 Å². The molecule has 4 rings (SSSR count). The normalized spacial score (nSPS) is 14.9. The highest BCUT2D eigenvalue weighted by Crippen LogP contribution is 2.40. The Morgan fingerprint density at radius 3 is 2.56 bits per heavy atom. The molecule has 1 aliphatic carbocycles. The lowest BCUT2D eigenvalue weighted by Gasteiger charge is -2.25. The predicted octanol–water partition coefficient (Wildman–Crippen LogP) is 3.93. The van der Waals surface area contributed by atoms with E-state index in [1.54, 1.807) is 0 Å². The van der Waals surface area contributed by atoms with Crippen molar-refractivity contribution in [3.63, 3.8) is 0 Å². The Hall–Kier alpha value is -2.25. The average molecular weight is 445 g/mol. The second-order valence-corrected chi connectivity index (χ2v) is 8.91. The smallest absolute Gasteiger partial charge is 0.304 e. The molecule has 2 aromatic carbocycles. The maximum atomic E-state index is 13.0. The van der Waals surface area contributed by atoms with Gasteiger partial charge >= 0.3 is 5.97 Å². The predicted molar refractivity (Wildman–Crippen MR) is 108 cm³/mol. The molecule has 0 spiro atoms. The summed E-state index contributed by atoms with van der Waals surface area (Å²) in [6, 6.07) is 13.6. The number of carbonyl (C=O) groups is 2. The zero-order valence-corrected chi connectivity index (χ0v) is 16.8. The first-order chi connectivity index (χ1) is 12.9. The summed E-state index contributed by atoms with van der Waals surface area (Å²) >= 11 is 4.97. The number of carboxylic acid groups (broad SMARTS) is 1. The molecule has 0 aliphatic heterocycles. The van der Waals surface area contributed by atoms with Crippen LogP contribution in [0.15, 0.2) is 46.9 Å². The SMILES string of the molecule is O=C(O)CC1(C(=O)NCc2nc3ccc(Br)cc3s2)Cc2ccccc2C1. The number of hydrogen-bond donors (Lipinski definition) is 2. The van der Waals surface area contributed by atoms with Gasteiger partial charge in [-0.25, -0.2) is 4.98 Å². The van der Waals surface area contributed by atoms with Crippen molar-refractivity contribution in [2.24, 2.45) is 5.41 Å². The third kappa shape index (κ3) is 3.61. The van der Waals surface area contributed by atoms with E-state index in [1.807, 2.05) is 42.5 Å². The first-order valence-corrected chi connectivity index (χ1v) is 10.2. The number of nitrogens with one attached hydrogen (secondary N) is 1. The number of carbonyl (C=O) groups excluding carboxylic acids is 1. The number of carboxylic acids is 1. The van der Waals surface area contributed by atoms with Crippen LogP contribution in [0.3, 0.4) is 0 Å². The molecule has 0 saturated heterocycles. The van der Waals surface area contributed by atoms with Crippen molar-refractivity contribution < 1.29 is 14.7 Å². The summed E-state index contributed by atoms with van der Waals surface area (Å²) in [7, 11) is 0. The lowest BCUT2D eigenvalue weighted by atomic mass is 9.80. The van der Waals surface area contributed by atoms with Crippen LogP contribution in [-0.4, -0.2) is 22.0 Å².